The van der Waals surface area contributed by atoms with Gasteiger partial charge in [-0.2, -0.15) is 0 Å². The summed E-state index contributed by atoms with van der Waals surface area (Å²) in [5, 5.41) is 0. The lowest BCUT2D eigenvalue weighted by Crippen LogP contribution is -2.62. The normalized spacial score (nSPS) is 47.3. The van der Waals surface area contributed by atoms with E-state index in [1.54, 1.807) is 0 Å². The van der Waals surface area contributed by atoms with Crippen LogP contribution in [0.25, 0.3) is 0 Å². The van der Waals surface area contributed by atoms with Gasteiger partial charge >= 0.3 is 17.9 Å². The van der Waals surface area contributed by atoms with E-state index in [0.717, 1.165) is 51.4 Å². The molecule has 0 bridgehead atoms. The average molecular weight is 505 g/mol. The van der Waals surface area contributed by atoms with Crippen LogP contribution in [0.2, 0.25) is 0 Å². The van der Waals surface area contributed by atoms with Crippen molar-refractivity contribution >= 4 is 17.9 Å². The van der Waals surface area contributed by atoms with Gasteiger partial charge in [-0.3, -0.25) is 14.4 Å². The van der Waals surface area contributed by atoms with E-state index in [9.17, 15) is 14.4 Å². The van der Waals surface area contributed by atoms with Gasteiger partial charge in [0.15, 0.2) is 0 Å². The number of epoxide rings is 1. The van der Waals surface area contributed by atoms with E-state index in [1.807, 2.05) is 0 Å². The van der Waals surface area contributed by atoms with Gasteiger partial charge in [-0.05, 0) is 80.5 Å². The summed E-state index contributed by atoms with van der Waals surface area (Å²) in [5.41, 5.74) is -0.0622. The van der Waals surface area contributed by atoms with Crippen LogP contribution in [0.1, 0.15) is 92.4 Å². The van der Waals surface area contributed by atoms with Crippen LogP contribution in [0, 0.1) is 40.4 Å². The molecule has 5 aliphatic rings. The van der Waals surface area contributed by atoms with E-state index < -0.39 is 0 Å². The summed E-state index contributed by atoms with van der Waals surface area (Å²) in [5.74, 6) is 1.39. The third-order valence-electron chi connectivity index (χ3n) is 11.5. The zero-order valence-corrected chi connectivity index (χ0v) is 22.8. The molecule has 202 valence electrons. The minimum Gasteiger partial charge on any atom is -0.469 e. The van der Waals surface area contributed by atoms with Gasteiger partial charge in [0.25, 0.3) is 0 Å². The predicted molar refractivity (Wildman–Crippen MR) is 132 cm³/mol. The summed E-state index contributed by atoms with van der Waals surface area (Å²) in [4.78, 5) is 35.7. The molecular formula is C29H44O7. The van der Waals surface area contributed by atoms with E-state index in [-0.39, 0.29) is 58.6 Å². The molecule has 0 aromatic carbocycles. The standard InChI is InChI=1S/C29H44O7/c1-16(7-8-26(32)33-6)21-15-25-29(36-25)22-14-24(35-18(3)31)23-13-19(34-17(2)30)9-11-27(23,4)20(22)10-12-28(21,29)5/h16,19-25H,7-15H2,1-6H3/t16-,19-,20+,21-,22-,23+,24+,25+,27-,28-,29+/m1/s1. The van der Waals surface area contributed by atoms with Crippen molar-refractivity contribution in [2.24, 2.45) is 40.4 Å². The molecule has 4 saturated carbocycles. The highest BCUT2D eigenvalue weighted by Gasteiger charge is 2.81. The number of rotatable bonds is 6. The van der Waals surface area contributed by atoms with Gasteiger partial charge in [-0.15, -0.1) is 0 Å². The zero-order chi connectivity index (χ0) is 26.0. The molecule has 0 N–H and O–H groups in total. The van der Waals surface area contributed by atoms with E-state index >= 15 is 0 Å². The lowest BCUT2D eigenvalue weighted by Gasteiger charge is -2.62. The third kappa shape index (κ3) is 3.82. The van der Waals surface area contributed by atoms with Crippen molar-refractivity contribution in [3.05, 3.63) is 0 Å². The molecule has 0 radical (unpaired) electrons. The van der Waals surface area contributed by atoms with Crippen LogP contribution in [-0.4, -0.2) is 48.9 Å². The lowest BCUT2D eigenvalue weighted by atomic mass is 9.43. The van der Waals surface area contributed by atoms with Crippen molar-refractivity contribution in [1.29, 1.82) is 0 Å². The first-order chi connectivity index (χ1) is 17.0. The maximum atomic E-state index is 12.2. The number of methoxy groups -OCH3 is 1. The summed E-state index contributed by atoms with van der Waals surface area (Å²) >= 11 is 0. The minimum atomic E-state index is -0.236. The van der Waals surface area contributed by atoms with Crippen LogP contribution in [0.15, 0.2) is 0 Å². The average Bonchev–Trinajstić information content (AvgIpc) is 3.47. The molecule has 0 unspecified atom stereocenters. The maximum Gasteiger partial charge on any atom is 0.305 e. The Kier molecular flexibility index (Phi) is 6.49. The van der Waals surface area contributed by atoms with Gasteiger partial charge in [0.2, 0.25) is 0 Å². The van der Waals surface area contributed by atoms with Crippen molar-refractivity contribution in [3.63, 3.8) is 0 Å². The van der Waals surface area contributed by atoms with Crippen molar-refractivity contribution in [1.82, 2.24) is 0 Å². The number of ether oxygens (including phenoxy) is 4. The van der Waals surface area contributed by atoms with Crippen LogP contribution in [0.4, 0.5) is 0 Å². The number of hydrogen-bond acceptors (Lipinski definition) is 7. The number of fused-ring (bicyclic) bond motifs is 3. The number of hydrogen-bond donors (Lipinski definition) is 0. The highest BCUT2D eigenvalue weighted by molar-refractivity contribution is 5.69. The Morgan fingerprint density at radius 1 is 0.944 bits per heavy atom. The fourth-order valence-corrected chi connectivity index (χ4v) is 9.90. The topological polar surface area (TPSA) is 91.4 Å². The zero-order valence-electron chi connectivity index (χ0n) is 22.8. The van der Waals surface area contributed by atoms with Crippen molar-refractivity contribution in [2.45, 2.75) is 116 Å². The predicted octanol–water partition coefficient (Wildman–Crippen LogP) is 4.84. The second-order valence-corrected chi connectivity index (χ2v) is 13.0. The quantitative estimate of drug-likeness (QED) is 0.290. The molecule has 5 rings (SSSR count). The monoisotopic (exact) mass is 504 g/mol. The van der Waals surface area contributed by atoms with E-state index in [1.165, 1.54) is 21.0 Å². The van der Waals surface area contributed by atoms with Crippen LogP contribution in [0.5, 0.6) is 0 Å². The molecule has 4 aliphatic carbocycles. The Morgan fingerprint density at radius 2 is 1.67 bits per heavy atom. The molecule has 7 nitrogen and oxygen atoms in total. The molecule has 0 aromatic rings. The van der Waals surface area contributed by atoms with E-state index in [2.05, 4.69) is 20.8 Å². The fraction of sp³-hybridized carbons (Fsp3) is 0.897. The summed E-state index contributed by atoms with van der Waals surface area (Å²) in [6.45, 7) is 10.1. The van der Waals surface area contributed by atoms with Gasteiger partial charge in [0, 0.05) is 31.6 Å². The third-order valence-corrected chi connectivity index (χ3v) is 11.5. The Hall–Kier alpha value is -1.63. The molecule has 0 amide bonds. The van der Waals surface area contributed by atoms with Crippen LogP contribution in [-0.2, 0) is 33.3 Å². The van der Waals surface area contributed by atoms with Crippen molar-refractivity contribution in [2.75, 3.05) is 7.11 Å². The number of esters is 3. The first-order valence-corrected chi connectivity index (χ1v) is 14.0. The van der Waals surface area contributed by atoms with E-state index in [0.29, 0.717) is 30.1 Å². The van der Waals surface area contributed by atoms with Crippen LogP contribution in [0.3, 0.4) is 0 Å². The van der Waals surface area contributed by atoms with Crippen LogP contribution < -0.4 is 0 Å². The van der Waals surface area contributed by atoms with Gasteiger partial charge in [-0.25, -0.2) is 0 Å². The van der Waals surface area contributed by atoms with E-state index in [4.69, 9.17) is 18.9 Å². The highest BCUT2D eigenvalue weighted by Crippen LogP contribution is 2.77. The summed E-state index contributed by atoms with van der Waals surface area (Å²) in [6.07, 6.45) is 8.06. The minimum absolute atomic E-state index is 0.0286. The van der Waals surface area contributed by atoms with Gasteiger partial charge in [-0.1, -0.05) is 20.8 Å². The maximum absolute atomic E-state index is 12.2. The van der Waals surface area contributed by atoms with Gasteiger partial charge in [0.05, 0.1) is 13.2 Å². The van der Waals surface area contributed by atoms with Crippen molar-refractivity contribution in [3.8, 4) is 0 Å². The molecule has 5 fully saturated rings. The van der Waals surface area contributed by atoms with Gasteiger partial charge in [0.1, 0.15) is 17.8 Å². The van der Waals surface area contributed by atoms with Crippen molar-refractivity contribution < 1.29 is 33.3 Å². The molecule has 1 saturated heterocycles. The second-order valence-electron chi connectivity index (χ2n) is 13.0. The number of carbonyl (C=O) groups is 3. The Balaban J connectivity index is 1.41. The molecule has 36 heavy (non-hydrogen) atoms. The highest BCUT2D eigenvalue weighted by atomic mass is 16.6. The number of carbonyl (C=O) groups excluding carboxylic acids is 3. The Labute approximate surface area is 215 Å². The smallest absolute Gasteiger partial charge is 0.305 e. The molecular weight excluding hydrogens is 460 g/mol. The SMILES string of the molecule is COC(=O)CC[C@@H](C)[C@H]1C[C@@H]2O[C@@]23[C@@H]2C[C@H](OC(C)=O)[C@@H]4C[C@H](OC(C)=O)CC[C@]4(C)[C@H]2CC[C@]13C. The Morgan fingerprint density at radius 3 is 2.33 bits per heavy atom. The Bertz CT molecular complexity index is 917. The molecule has 1 spiro atoms. The first-order valence-electron chi connectivity index (χ1n) is 14.0. The second kappa shape index (κ2) is 8.99. The first kappa shape index (κ1) is 26.0. The summed E-state index contributed by atoms with van der Waals surface area (Å²) in [7, 11) is 1.46. The lowest BCUT2D eigenvalue weighted by molar-refractivity contribution is -0.203. The van der Waals surface area contributed by atoms with Crippen LogP contribution >= 0.6 is 0 Å². The molecule has 11 atom stereocenters. The fourth-order valence-electron chi connectivity index (χ4n) is 9.90. The summed E-state index contributed by atoms with van der Waals surface area (Å²) in [6, 6.07) is 0. The molecule has 1 aliphatic heterocycles. The molecule has 0 aromatic heterocycles. The molecule has 1 heterocycles. The van der Waals surface area contributed by atoms with Gasteiger partial charge < -0.3 is 18.9 Å². The largest absolute Gasteiger partial charge is 0.469 e. The summed E-state index contributed by atoms with van der Waals surface area (Å²) < 4.78 is 23.3. The molecule has 7 heteroatoms.